The predicted octanol–water partition coefficient (Wildman–Crippen LogP) is 6.53. The highest BCUT2D eigenvalue weighted by Crippen LogP contribution is 2.33. The Morgan fingerprint density at radius 3 is 2.53 bits per heavy atom. The number of hydrogen-bond donors (Lipinski definition) is 0. The normalized spacial score (nSPS) is 15.2. The summed E-state index contributed by atoms with van der Waals surface area (Å²) in [6, 6.07) is 11.4. The molecule has 1 amide bonds. The van der Waals surface area contributed by atoms with Crippen LogP contribution in [0.4, 0.5) is 4.79 Å². The molecule has 0 unspecified atom stereocenters. The fourth-order valence-electron chi connectivity index (χ4n) is 3.86. The Labute approximate surface area is 191 Å². The first-order valence-corrected chi connectivity index (χ1v) is 11.1. The molecule has 0 saturated carbocycles. The highest BCUT2D eigenvalue weighted by Gasteiger charge is 2.29. The molecule has 3 aromatic rings. The minimum Gasteiger partial charge on any atom is -0.444 e. The molecule has 1 fully saturated rings. The number of nitroso groups, excluding NO2 is 1. The van der Waals surface area contributed by atoms with E-state index in [2.05, 4.69) is 5.18 Å². The lowest BCUT2D eigenvalue weighted by molar-refractivity contribution is 0.0199. The van der Waals surface area contributed by atoms with Gasteiger partial charge in [0.05, 0.1) is 0 Å². The molecule has 7 nitrogen and oxygen atoms in total. The minimum atomic E-state index is -0.498. The number of amides is 1. The van der Waals surface area contributed by atoms with E-state index in [0.29, 0.717) is 29.6 Å². The minimum absolute atomic E-state index is 0.0531. The number of carbonyl (C=O) groups excluding carboxylic acids is 1. The lowest BCUT2D eigenvalue weighted by Gasteiger charge is -2.32. The van der Waals surface area contributed by atoms with Crippen LogP contribution >= 0.6 is 11.6 Å². The van der Waals surface area contributed by atoms with Gasteiger partial charge in [-0.05, 0) is 68.5 Å². The summed E-state index contributed by atoms with van der Waals surface area (Å²) in [7, 11) is 0. The molecule has 0 N–H and O–H groups in total. The molecule has 0 spiro atoms. The van der Waals surface area contributed by atoms with Gasteiger partial charge in [-0.1, -0.05) is 35.0 Å². The van der Waals surface area contributed by atoms with Crippen LogP contribution in [0.5, 0.6) is 0 Å². The van der Waals surface area contributed by atoms with E-state index in [1.165, 1.54) is 0 Å². The SMILES string of the molecule is CC(C)(C)OC(=O)N1CCC(c2nc3cc(-c4ccc(CN=O)c(Cl)c4)ccc3o2)CC1. The lowest BCUT2D eigenvalue weighted by Crippen LogP contribution is -2.41. The standard InChI is InChI=1S/C24H26ClN3O4/c1-24(2,3)32-23(29)28-10-8-15(9-11-28)22-27-20-13-17(6-7-21(20)31-22)16-4-5-18(14-26-30)19(25)12-16/h4-7,12-13,15H,8-11,14H2,1-3H3. The van der Waals surface area contributed by atoms with Crippen LogP contribution in [0.2, 0.25) is 5.02 Å². The number of piperidine rings is 1. The molecule has 0 radical (unpaired) electrons. The van der Waals surface area contributed by atoms with Crippen molar-refractivity contribution in [3.8, 4) is 11.1 Å². The Morgan fingerprint density at radius 2 is 1.88 bits per heavy atom. The molecule has 4 rings (SSSR count). The van der Waals surface area contributed by atoms with Crippen LogP contribution in [0.3, 0.4) is 0 Å². The maximum atomic E-state index is 12.3. The summed E-state index contributed by atoms with van der Waals surface area (Å²) in [6.07, 6.45) is 1.29. The summed E-state index contributed by atoms with van der Waals surface area (Å²) < 4.78 is 11.5. The fourth-order valence-corrected chi connectivity index (χ4v) is 4.10. The molecule has 1 aliphatic rings. The number of oxazole rings is 1. The van der Waals surface area contributed by atoms with Gasteiger partial charge in [-0.25, -0.2) is 9.78 Å². The van der Waals surface area contributed by atoms with Crippen LogP contribution in [-0.2, 0) is 11.3 Å². The van der Waals surface area contributed by atoms with Crippen molar-refractivity contribution in [2.75, 3.05) is 13.1 Å². The summed E-state index contributed by atoms with van der Waals surface area (Å²) >= 11 is 6.28. The highest BCUT2D eigenvalue weighted by molar-refractivity contribution is 6.31. The van der Waals surface area contributed by atoms with Gasteiger partial charge in [-0.15, -0.1) is 0 Å². The van der Waals surface area contributed by atoms with Gasteiger partial charge in [0.2, 0.25) is 0 Å². The first-order chi connectivity index (χ1) is 15.2. The molecular formula is C24H26ClN3O4. The van der Waals surface area contributed by atoms with E-state index in [0.717, 1.165) is 35.1 Å². The maximum Gasteiger partial charge on any atom is 0.410 e. The molecule has 1 aliphatic heterocycles. The van der Waals surface area contributed by atoms with Crippen molar-refractivity contribution in [1.82, 2.24) is 9.88 Å². The second-order valence-corrected chi connectivity index (χ2v) is 9.48. The van der Waals surface area contributed by atoms with Crippen LogP contribution in [0.1, 0.15) is 51.0 Å². The third-order valence-corrected chi connectivity index (χ3v) is 5.87. The van der Waals surface area contributed by atoms with Crippen LogP contribution in [-0.4, -0.2) is 34.7 Å². The third kappa shape index (κ3) is 4.93. The maximum absolute atomic E-state index is 12.3. The van der Waals surface area contributed by atoms with Crippen molar-refractivity contribution in [3.05, 3.63) is 57.8 Å². The van der Waals surface area contributed by atoms with E-state index in [-0.39, 0.29) is 18.6 Å². The number of fused-ring (bicyclic) bond motifs is 1. The van der Waals surface area contributed by atoms with Crippen molar-refractivity contribution < 1.29 is 13.9 Å². The number of carbonyl (C=O) groups is 1. The number of ether oxygens (including phenoxy) is 1. The average Bonchev–Trinajstić information content (AvgIpc) is 3.17. The van der Waals surface area contributed by atoms with E-state index in [9.17, 15) is 9.70 Å². The smallest absolute Gasteiger partial charge is 0.410 e. The Hall–Kier alpha value is -2.93. The average molecular weight is 456 g/mol. The van der Waals surface area contributed by atoms with Gasteiger partial charge in [-0.3, -0.25) is 0 Å². The first kappa shape index (κ1) is 22.3. The van der Waals surface area contributed by atoms with Crippen LogP contribution < -0.4 is 0 Å². The molecular weight excluding hydrogens is 430 g/mol. The molecule has 168 valence electrons. The number of nitrogens with zero attached hydrogens (tertiary/aromatic N) is 3. The van der Waals surface area contributed by atoms with E-state index in [1.807, 2.05) is 57.2 Å². The Bertz CT molecular complexity index is 1140. The molecule has 2 aromatic carbocycles. The predicted molar refractivity (Wildman–Crippen MR) is 124 cm³/mol. The summed E-state index contributed by atoms with van der Waals surface area (Å²) in [5.74, 6) is 0.862. The number of hydrogen-bond acceptors (Lipinski definition) is 6. The van der Waals surface area contributed by atoms with Gasteiger partial charge in [0.15, 0.2) is 11.5 Å². The van der Waals surface area contributed by atoms with E-state index in [4.69, 9.17) is 25.7 Å². The second kappa shape index (κ2) is 8.90. The Kier molecular flexibility index (Phi) is 6.20. The largest absolute Gasteiger partial charge is 0.444 e. The van der Waals surface area contributed by atoms with Crippen molar-refractivity contribution in [3.63, 3.8) is 0 Å². The van der Waals surface area contributed by atoms with Crippen LogP contribution in [0, 0.1) is 4.91 Å². The molecule has 1 saturated heterocycles. The van der Waals surface area contributed by atoms with Gasteiger partial charge < -0.3 is 14.1 Å². The van der Waals surface area contributed by atoms with Crippen molar-refractivity contribution in [2.45, 2.75) is 51.7 Å². The molecule has 0 bridgehead atoms. The van der Waals surface area contributed by atoms with Crippen molar-refractivity contribution in [2.24, 2.45) is 5.18 Å². The van der Waals surface area contributed by atoms with Gasteiger partial charge in [-0.2, -0.15) is 4.91 Å². The monoisotopic (exact) mass is 455 g/mol. The van der Waals surface area contributed by atoms with Crippen LogP contribution in [0.15, 0.2) is 46.0 Å². The number of aromatic nitrogens is 1. The van der Waals surface area contributed by atoms with E-state index in [1.54, 1.807) is 4.90 Å². The zero-order valence-corrected chi connectivity index (χ0v) is 19.2. The second-order valence-electron chi connectivity index (χ2n) is 9.07. The highest BCUT2D eigenvalue weighted by atomic mass is 35.5. The number of halogens is 1. The van der Waals surface area contributed by atoms with Gasteiger partial charge in [0.1, 0.15) is 17.7 Å². The fraction of sp³-hybridized carbons (Fsp3) is 0.417. The zero-order valence-electron chi connectivity index (χ0n) is 18.4. The molecule has 2 heterocycles. The molecule has 0 atom stereocenters. The van der Waals surface area contributed by atoms with E-state index >= 15 is 0 Å². The molecule has 1 aromatic heterocycles. The number of rotatable bonds is 4. The summed E-state index contributed by atoms with van der Waals surface area (Å²) in [6.45, 7) is 6.89. The summed E-state index contributed by atoms with van der Waals surface area (Å²) in [5, 5.41) is 3.42. The quantitative estimate of drug-likeness (QED) is 0.417. The van der Waals surface area contributed by atoms with Crippen molar-refractivity contribution in [1.29, 1.82) is 0 Å². The number of benzene rings is 2. The van der Waals surface area contributed by atoms with Crippen molar-refractivity contribution >= 4 is 28.8 Å². The number of likely N-dealkylation sites (tertiary alicyclic amines) is 1. The molecule has 32 heavy (non-hydrogen) atoms. The van der Waals surface area contributed by atoms with Gasteiger partial charge in [0, 0.05) is 24.0 Å². The van der Waals surface area contributed by atoms with Crippen LogP contribution in [0.25, 0.3) is 22.2 Å². The molecule has 8 heteroatoms. The summed E-state index contributed by atoms with van der Waals surface area (Å²) in [4.78, 5) is 29.3. The first-order valence-electron chi connectivity index (χ1n) is 10.7. The van der Waals surface area contributed by atoms with E-state index < -0.39 is 5.60 Å². The third-order valence-electron chi connectivity index (χ3n) is 5.52. The van der Waals surface area contributed by atoms with Gasteiger partial charge in [0.25, 0.3) is 0 Å². The Balaban J connectivity index is 1.48. The topological polar surface area (TPSA) is 85.0 Å². The molecule has 0 aliphatic carbocycles. The van der Waals surface area contributed by atoms with Gasteiger partial charge >= 0.3 is 6.09 Å². The Morgan fingerprint density at radius 1 is 1.19 bits per heavy atom. The zero-order chi connectivity index (χ0) is 22.9. The lowest BCUT2D eigenvalue weighted by atomic mass is 9.97. The summed E-state index contributed by atoms with van der Waals surface area (Å²) in [5.41, 5.74) is 3.61.